The molecule has 17 heavy (non-hydrogen) atoms. The SMILES string of the molecule is CCOc1c(N)nsc1N1CCC(CC)CC1. The van der Waals surface area contributed by atoms with Gasteiger partial charge in [-0.05, 0) is 37.2 Å². The van der Waals surface area contributed by atoms with Crippen molar-refractivity contribution in [2.45, 2.75) is 33.1 Å². The summed E-state index contributed by atoms with van der Waals surface area (Å²) >= 11 is 1.46. The number of hydrogen-bond acceptors (Lipinski definition) is 5. The number of hydrogen-bond donors (Lipinski definition) is 1. The van der Waals surface area contributed by atoms with Crippen LogP contribution in [-0.4, -0.2) is 24.1 Å². The number of nitrogen functional groups attached to an aromatic ring is 1. The van der Waals surface area contributed by atoms with Crippen LogP contribution in [0.4, 0.5) is 10.8 Å². The molecule has 1 fully saturated rings. The number of rotatable bonds is 4. The van der Waals surface area contributed by atoms with Gasteiger partial charge in [-0.15, -0.1) is 0 Å². The molecule has 0 amide bonds. The number of nitrogens with two attached hydrogens (primary N) is 1. The first kappa shape index (κ1) is 12.5. The number of ether oxygens (including phenoxy) is 1. The molecular weight excluding hydrogens is 234 g/mol. The summed E-state index contributed by atoms with van der Waals surface area (Å²) in [6.45, 7) is 7.09. The lowest BCUT2D eigenvalue weighted by molar-refractivity contribution is 0.339. The summed E-state index contributed by atoms with van der Waals surface area (Å²) in [5.41, 5.74) is 5.84. The van der Waals surface area contributed by atoms with E-state index in [1.165, 1.54) is 30.8 Å². The summed E-state index contributed by atoms with van der Waals surface area (Å²) in [5, 5.41) is 1.11. The minimum atomic E-state index is 0.532. The summed E-state index contributed by atoms with van der Waals surface area (Å²) in [4.78, 5) is 2.37. The van der Waals surface area contributed by atoms with Gasteiger partial charge in [0.1, 0.15) is 0 Å². The molecule has 0 saturated carbocycles. The highest BCUT2D eigenvalue weighted by Crippen LogP contribution is 2.40. The van der Waals surface area contributed by atoms with Crippen molar-refractivity contribution in [1.82, 2.24) is 4.37 Å². The van der Waals surface area contributed by atoms with Crippen LogP contribution in [0.1, 0.15) is 33.1 Å². The Balaban J connectivity index is 2.07. The van der Waals surface area contributed by atoms with Gasteiger partial charge in [-0.1, -0.05) is 13.3 Å². The first-order chi connectivity index (χ1) is 8.26. The van der Waals surface area contributed by atoms with Crippen LogP contribution in [0, 0.1) is 5.92 Å². The van der Waals surface area contributed by atoms with E-state index in [2.05, 4.69) is 16.2 Å². The number of aromatic nitrogens is 1. The van der Waals surface area contributed by atoms with Crippen LogP contribution in [0.3, 0.4) is 0 Å². The van der Waals surface area contributed by atoms with E-state index in [9.17, 15) is 0 Å². The Morgan fingerprint density at radius 1 is 1.41 bits per heavy atom. The quantitative estimate of drug-likeness (QED) is 0.899. The third kappa shape index (κ3) is 2.65. The van der Waals surface area contributed by atoms with E-state index in [0.29, 0.717) is 12.4 Å². The van der Waals surface area contributed by atoms with Crippen LogP contribution in [0.15, 0.2) is 0 Å². The van der Waals surface area contributed by atoms with Gasteiger partial charge in [0.25, 0.3) is 0 Å². The molecule has 96 valence electrons. The highest BCUT2D eigenvalue weighted by Gasteiger charge is 2.23. The van der Waals surface area contributed by atoms with Crippen molar-refractivity contribution in [2.24, 2.45) is 5.92 Å². The van der Waals surface area contributed by atoms with Crippen LogP contribution in [0.2, 0.25) is 0 Å². The Kier molecular flexibility index (Phi) is 4.10. The maximum atomic E-state index is 5.84. The Bertz CT molecular complexity index is 359. The normalized spacial score (nSPS) is 17.4. The predicted octanol–water partition coefficient (Wildman–Crippen LogP) is 2.75. The molecule has 0 spiro atoms. The van der Waals surface area contributed by atoms with E-state index >= 15 is 0 Å². The molecule has 0 aliphatic carbocycles. The fraction of sp³-hybridized carbons (Fsp3) is 0.750. The smallest absolute Gasteiger partial charge is 0.197 e. The van der Waals surface area contributed by atoms with E-state index in [0.717, 1.165) is 29.8 Å². The molecule has 1 saturated heterocycles. The molecule has 2 heterocycles. The minimum Gasteiger partial charge on any atom is -0.487 e. The molecule has 1 aromatic heterocycles. The average molecular weight is 255 g/mol. The van der Waals surface area contributed by atoms with E-state index in [-0.39, 0.29) is 0 Å². The zero-order valence-corrected chi connectivity index (χ0v) is 11.4. The molecule has 0 aromatic carbocycles. The topological polar surface area (TPSA) is 51.4 Å². The third-order valence-corrected chi connectivity index (χ3v) is 4.33. The Hall–Kier alpha value is -0.970. The van der Waals surface area contributed by atoms with Gasteiger partial charge in [0, 0.05) is 13.1 Å². The Morgan fingerprint density at radius 2 is 2.12 bits per heavy atom. The van der Waals surface area contributed by atoms with E-state index < -0.39 is 0 Å². The van der Waals surface area contributed by atoms with Crippen molar-refractivity contribution in [3.8, 4) is 5.75 Å². The van der Waals surface area contributed by atoms with Gasteiger partial charge in [-0.25, -0.2) is 0 Å². The number of nitrogens with zero attached hydrogens (tertiary/aromatic N) is 2. The van der Waals surface area contributed by atoms with Crippen molar-refractivity contribution < 1.29 is 4.74 Å². The molecular formula is C12H21N3OS. The van der Waals surface area contributed by atoms with Gasteiger partial charge in [-0.3, -0.25) is 0 Å². The van der Waals surface area contributed by atoms with Crippen molar-refractivity contribution in [3.63, 3.8) is 0 Å². The molecule has 0 bridgehead atoms. The first-order valence-electron chi connectivity index (χ1n) is 6.39. The second-order valence-electron chi connectivity index (χ2n) is 4.47. The summed E-state index contributed by atoms with van der Waals surface area (Å²) < 4.78 is 9.80. The zero-order chi connectivity index (χ0) is 12.3. The first-order valence-corrected chi connectivity index (χ1v) is 7.16. The second-order valence-corrected chi connectivity index (χ2v) is 5.23. The molecule has 1 aliphatic heterocycles. The van der Waals surface area contributed by atoms with Crippen molar-refractivity contribution in [1.29, 1.82) is 0 Å². The van der Waals surface area contributed by atoms with Gasteiger partial charge in [-0.2, -0.15) is 4.37 Å². The van der Waals surface area contributed by atoms with Crippen LogP contribution >= 0.6 is 11.5 Å². The van der Waals surface area contributed by atoms with E-state index in [4.69, 9.17) is 10.5 Å². The maximum absolute atomic E-state index is 5.84. The molecule has 2 rings (SSSR count). The van der Waals surface area contributed by atoms with Crippen molar-refractivity contribution >= 4 is 22.4 Å². The predicted molar refractivity (Wildman–Crippen MR) is 72.9 cm³/mol. The fourth-order valence-corrected chi connectivity index (χ4v) is 3.12. The molecule has 0 radical (unpaired) electrons. The van der Waals surface area contributed by atoms with Crippen LogP contribution < -0.4 is 15.4 Å². The average Bonchev–Trinajstić information content (AvgIpc) is 2.72. The molecule has 1 aliphatic rings. The number of anilines is 2. The van der Waals surface area contributed by atoms with Gasteiger partial charge in [0.05, 0.1) is 6.61 Å². The van der Waals surface area contributed by atoms with Gasteiger partial charge in [0.15, 0.2) is 16.6 Å². The highest BCUT2D eigenvalue weighted by molar-refractivity contribution is 7.11. The van der Waals surface area contributed by atoms with Gasteiger partial charge in [0.2, 0.25) is 0 Å². The number of piperidine rings is 1. The second kappa shape index (κ2) is 5.58. The molecule has 5 heteroatoms. The lowest BCUT2D eigenvalue weighted by Crippen LogP contribution is -2.33. The van der Waals surface area contributed by atoms with Crippen LogP contribution in [0.25, 0.3) is 0 Å². The minimum absolute atomic E-state index is 0.532. The fourth-order valence-electron chi connectivity index (χ4n) is 2.31. The standard InChI is InChI=1S/C12H21N3OS/c1-3-9-5-7-15(8-6-9)12-10(16-4-2)11(13)14-17-12/h9H,3-8H2,1-2H3,(H2,13,14). The summed E-state index contributed by atoms with van der Waals surface area (Å²) in [6, 6.07) is 0. The van der Waals surface area contributed by atoms with Gasteiger partial charge >= 0.3 is 0 Å². The molecule has 2 N–H and O–H groups in total. The third-order valence-electron chi connectivity index (χ3n) is 3.43. The Labute approximate surface area is 107 Å². The molecule has 0 atom stereocenters. The summed E-state index contributed by atoms with van der Waals surface area (Å²) in [6.07, 6.45) is 3.82. The van der Waals surface area contributed by atoms with Crippen LogP contribution in [-0.2, 0) is 0 Å². The lowest BCUT2D eigenvalue weighted by Gasteiger charge is -2.32. The highest BCUT2D eigenvalue weighted by atomic mass is 32.1. The van der Waals surface area contributed by atoms with Crippen molar-refractivity contribution in [3.05, 3.63) is 0 Å². The molecule has 0 unspecified atom stereocenters. The molecule has 4 nitrogen and oxygen atoms in total. The lowest BCUT2D eigenvalue weighted by atomic mass is 9.95. The zero-order valence-electron chi connectivity index (χ0n) is 10.6. The van der Waals surface area contributed by atoms with Crippen LogP contribution in [0.5, 0.6) is 5.75 Å². The Morgan fingerprint density at radius 3 is 2.71 bits per heavy atom. The largest absolute Gasteiger partial charge is 0.487 e. The monoisotopic (exact) mass is 255 g/mol. The van der Waals surface area contributed by atoms with Crippen molar-refractivity contribution in [2.75, 3.05) is 30.3 Å². The van der Waals surface area contributed by atoms with E-state index in [1.807, 2.05) is 6.92 Å². The van der Waals surface area contributed by atoms with E-state index in [1.54, 1.807) is 0 Å². The summed E-state index contributed by atoms with van der Waals surface area (Å²) in [7, 11) is 0. The summed E-state index contributed by atoms with van der Waals surface area (Å²) in [5.74, 6) is 2.20. The molecule has 1 aromatic rings. The maximum Gasteiger partial charge on any atom is 0.197 e. The van der Waals surface area contributed by atoms with Gasteiger partial charge < -0.3 is 15.4 Å².